The monoisotopic (exact) mass is 498 g/mol. The van der Waals surface area contributed by atoms with Crippen molar-refractivity contribution in [2.45, 2.75) is 63.1 Å². The quantitative estimate of drug-likeness (QED) is 0.553. The number of anilines is 1. The largest absolute Gasteiger partial charge is 0.333 e. The summed E-state index contributed by atoms with van der Waals surface area (Å²) in [6, 6.07) is 13.9. The molecule has 35 heavy (non-hydrogen) atoms. The number of amides is 2. The molecule has 0 spiro atoms. The lowest BCUT2D eigenvalue weighted by molar-refractivity contribution is -0.114. The summed E-state index contributed by atoms with van der Waals surface area (Å²) >= 11 is 0. The topological polar surface area (TPSA) is 98.8 Å². The summed E-state index contributed by atoms with van der Waals surface area (Å²) in [4.78, 5) is 29.1. The number of piperidine rings is 1. The summed E-state index contributed by atoms with van der Waals surface area (Å²) in [7, 11) is -3.71. The van der Waals surface area contributed by atoms with Gasteiger partial charge in [-0.25, -0.2) is 13.1 Å². The molecule has 0 atom stereocenters. The Morgan fingerprint density at radius 3 is 2.09 bits per heavy atom. The molecule has 2 aromatic carbocycles. The third kappa shape index (κ3) is 6.48. The zero-order valence-corrected chi connectivity index (χ0v) is 21.2. The van der Waals surface area contributed by atoms with Crippen LogP contribution in [0.4, 0.5) is 5.69 Å². The minimum absolute atomic E-state index is 0.0776. The molecule has 188 valence electrons. The van der Waals surface area contributed by atoms with E-state index in [0.717, 1.165) is 50.9 Å². The molecule has 1 heterocycles. The molecule has 9 heteroatoms. The highest BCUT2D eigenvalue weighted by Gasteiger charge is 2.38. The Labute approximate surface area is 207 Å². The summed E-state index contributed by atoms with van der Waals surface area (Å²) in [6.45, 7) is 6.81. The first-order chi connectivity index (χ1) is 16.8. The molecule has 0 radical (unpaired) electrons. The van der Waals surface area contributed by atoms with Crippen molar-refractivity contribution in [3.05, 3.63) is 59.7 Å². The highest BCUT2D eigenvalue weighted by atomic mass is 32.2. The van der Waals surface area contributed by atoms with Crippen LogP contribution >= 0.6 is 0 Å². The van der Waals surface area contributed by atoms with Gasteiger partial charge in [-0.05, 0) is 74.2 Å². The molecule has 2 aromatic rings. The molecule has 1 saturated heterocycles. The molecule has 0 aromatic heterocycles. The van der Waals surface area contributed by atoms with E-state index in [4.69, 9.17) is 0 Å². The maximum Gasteiger partial charge on any atom is 0.254 e. The lowest BCUT2D eigenvalue weighted by atomic mass is 10.0. The first-order valence-corrected chi connectivity index (χ1v) is 13.8. The van der Waals surface area contributed by atoms with E-state index in [-0.39, 0.29) is 23.3 Å². The minimum atomic E-state index is -3.71. The SMILES string of the molecule is CCN1CCC(N(C(=O)c2ccc(CNS(=O)(=O)c3ccc(NC(C)=O)cc3)cc2)C2CC2)CC1. The van der Waals surface area contributed by atoms with Crippen LogP contribution in [0.2, 0.25) is 0 Å². The third-order valence-corrected chi connectivity index (χ3v) is 8.14. The molecular weight excluding hydrogens is 464 g/mol. The normalized spacial score (nSPS) is 17.2. The minimum Gasteiger partial charge on any atom is -0.333 e. The smallest absolute Gasteiger partial charge is 0.254 e. The number of carbonyl (C=O) groups excluding carboxylic acids is 2. The van der Waals surface area contributed by atoms with Crippen molar-refractivity contribution in [2.24, 2.45) is 0 Å². The summed E-state index contributed by atoms with van der Waals surface area (Å²) in [5.74, 6) is -0.142. The number of benzene rings is 2. The van der Waals surface area contributed by atoms with E-state index in [1.54, 1.807) is 36.4 Å². The molecule has 2 amide bonds. The molecular formula is C26H34N4O4S. The van der Waals surface area contributed by atoms with E-state index in [1.165, 1.54) is 19.1 Å². The van der Waals surface area contributed by atoms with Crippen LogP contribution in [-0.2, 0) is 21.4 Å². The van der Waals surface area contributed by atoms with Gasteiger partial charge in [0.1, 0.15) is 0 Å². The van der Waals surface area contributed by atoms with Gasteiger partial charge in [-0.2, -0.15) is 0 Å². The fourth-order valence-electron chi connectivity index (χ4n) is 4.59. The van der Waals surface area contributed by atoms with E-state index >= 15 is 0 Å². The Bertz CT molecular complexity index is 1140. The van der Waals surface area contributed by atoms with E-state index in [2.05, 4.69) is 26.8 Å². The summed E-state index contributed by atoms with van der Waals surface area (Å²) < 4.78 is 27.9. The van der Waals surface area contributed by atoms with Crippen LogP contribution in [0.5, 0.6) is 0 Å². The number of nitrogens with one attached hydrogen (secondary N) is 2. The fraction of sp³-hybridized carbons (Fsp3) is 0.462. The van der Waals surface area contributed by atoms with Crippen LogP contribution in [0, 0.1) is 0 Å². The van der Waals surface area contributed by atoms with Gasteiger partial charge in [0.15, 0.2) is 0 Å². The Hall–Kier alpha value is -2.75. The molecule has 1 aliphatic heterocycles. The van der Waals surface area contributed by atoms with Crippen LogP contribution < -0.4 is 10.0 Å². The molecule has 1 saturated carbocycles. The highest BCUT2D eigenvalue weighted by molar-refractivity contribution is 7.89. The van der Waals surface area contributed by atoms with Crippen LogP contribution in [0.25, 0.3) is 0 Å². The number of nitrogens with zero attached hydrogens (tertiary/aromatic N) is 2. The Morgan fingerprint density at radius 1 is 0.943 bits per heavy atom. The number of carbonyl (C=O) groups is 2. The zero-order valence-electron chi connectivity index (χ0n) is 20.4. The van der Waals surface area contributed by atoms with E-state index < -0.39 is 10.0 Å². The summed E-state index contributed by atoms with van der Waals surface area (Å²) in [6.07, 6.45) is 4.18. The van der Waals surface area contributed by atoms with Crippen molar-refractivity contribution >= 4 is 27.5 Å². The van der Waals surface area contributed by atoms with Gasteiger partial charge in [0, 0.05) is 49.9 Å². The Morgan fingerprint density at radius 2 is 1.54 bits per heavy atom. The average Bonchev–Trinajstić information content (AvgIpc) is 3.69. The van der Waals surface area contributed by atoms with E-state index in [1.807, 2.05) is 0 Å². The van der Waals surface area contributed by atoms with Gasteiger partial charge in [-0.3, -0.25) is 9.59 Å². The number of hydrogen-bond acceptors (Lipinski definition) is 5. The van der Waals surface area contributed by atoms with Crippen molar-refractivity contribution in [2.75, 3.05) is 25.0 Å². The first-order valence-electron chi connectivity index (χ1n) is 12.3. The Balaban J connectivity index is 1.36. The van der Waals surface area contributed by atoms with Crippen LogP contribution in [-0.4, -0.2) is 61.7 Å². The third-order valence-electron chi connectivity index (χ3n) is 6.72. The maximum atomic E-state index is 13.4. The van der Waals surface area contributed by atoms with Crippen molar-refractivity contribution < 1.29 is 18.0 Å². The maximum absolute atomic E-state index is 13.4. The van der Waals surface area contributed by atoms with Gasteiger partial charge >= 0.3 is 0 Å². The first kappa shape index (κ1) is 25.3. The molecule has 0 unspecified atom stereocenters. The second kappa shape index (κ2) is 10.9. The standard InChI is InChI=1S/C26H34N4O4S/c1-3-29-16-14-24(15-17-29)30(23-10-11-23)26(32)21-6-4-20(5-7-21)18-27-35(33,34)25-12-8-22(9-13-25)28-19(2)31/h4-9,12-13,23-24,27H,3,10-11,14-18H2,1-2H3,(H,28,31). The molecule has 4 rings (SSSR count). The molecule has 8 nitrogen and oxygen atoms in total. The Kier molecular flexibility index (Phi) is 7.88. The van der Waals surface area contributed by atoms with Crippen molar-refractivity contribution in [3.63, 3.8) is 0 Å². The van der Waals surface area contributed by atoms with Crippen molar-refractivity contribution in [1.82, 2.24) is 14.5 Å². The lowest BCUT2D eigenvalue weighted by Crippen LogP contribution is -2.48. The molecule has 2 fully saturated rings. The van der Waals surface area contributed by atoms with Gasteiger partial charge in [0.2, 0.25) is 15.9 Å². The zero-order chi connectivity index (χ0) is 25.0. The van der Waals surface area contributed by atoms with Crippen LogP contribution in [0.3, 0.4) is 0 Å². The fourth-order valence-corrected chi connectivity index (χ4v) is 5.61. The van der Waals surface area contributed by atoms with Crippen molar-refractivity contribution in [1.29, 1.82) is 0 Å². The summed E-state index contributed by atoms with van der Waals surface area (Å²) in [5, 5.41) is 2.61. The molecule has 2 N–H and O–H groups in total. The number of sulfonamides is 1. The van der Waals surface area contributed by atoms with Gasteiger partial charge in [0.05, 0.1) is 4.90 Å². The molecule has 1 aliphatic carbocycles. The average molecular weight is 499 g/mol. The predicted octanol–water partition coefficient (Wildman–Crippen LogP) is 3.21. The highest BCUT2D eigenvalue weighted by Crippen LogP contribution is 2.33. The predicted molar refractivity (Wildman–Crippen MR) is 136 cm³/mol. The number of hydrogen-bond donors (Lipinski definition) is 2. The van der Waals surface area contributed by atoms with E-state index in [9.17, 15) is 18.0 Å². The molecule has 0 bridgehead atoms. The van der Waals surface area contributed by atoms with E-state index in [0.29, 0.717) is 23.3 Å². The van der Waals surface area contributed by atoms with Crippen LogP contribution in [0.15, 0.2) is 53.4 Å². The summed E-state index contributed by atoms with van der Waals surface area (Å²) in [5.41, 5.74) is 1.96. The van der Waals surface area contributed by atoms with Gasteiger partial charge in [0.25, 0.3) is 5.91 Å². The van der Waals surface area contributed by atoms with Crippen LogP contribution in [0.1, 0.15) is 55.5 Å². The molecule has 2 aliphatic rings. The lowest BCUT2D eigenvalue weighted by Gasteiger charge is -2.38. The van der Waals surface area contributed by atoms with Crippen molar-refractivity contribution in [3.8, 4) is 0 Å². The van der Waals surface area contributed by atoms with Gasteiger partial charge < -0.3 is 15.1 Å². The number of likely N-dealkylation sites (tertiary alicyclic amines) is 1. The van der Waals surface area contributed by atoms with Gasteiger partial charge in [-0.15, -0.1) is 0 Å². The number of rotatable bonds is 9. The second-order valence-corrected chi connectivity index (χ2v) is 11.1. The second-order valence-electron chi connectivity index (χ2n) is 9.34. The van der Waals surface area contributed by atoms with Gasteiger partial charge in [-0.1, -0.05) is 19.1 Å².